The van der Waals surface area contributed by atoms with Crippen LogP contribution in [0.25, 0.3) is 0 Å². The van der Waals surface area contributed by atoms with Crippen LogP contribution in [0.5, 0.6) is 0 Å². The first-order chi connectivity index (χ1) is 8.74. The zero-order chi connectivity index (χ0) is 13.0. The maximum atomic E-state index is 13.0. The van der Waals surface area contributed by atoms with Gasteiger partial charge in [0.1, 0.15) is 5.82 Å². The Morgan fingerprint density at radius 1 is 1.39 bits per heavy atom. The topological polar surface area (TPSA) is 29.3 Å². The van der Waals surface area contributed by atoms with Gasteiger partial charge in [-0.3, -0.25) is 4.90 Å². The minimum absolute atomic E-state index is 0.160. The molecule has 1 aromatic rings. The van der Waals surface area contributed by atoms with Crippen LogP contribution in [0.15, 0.2) is 24.3 Å². The number of hydrogen-bond donors (Lipinski definition) is 1. The van der Waals surface area contributed by atoms with Crippen molar-refractivity contribution >= 4 is 0 Å². The first-order valence-corrected chi connectivity index (χ1v) is 6.94. The zero-order valence-electron chi connectivity index (χ0n) is 11.1. The van der Waals surface area contributed by atoms with Gasteiger partial charge in [0.15, 0.2) is 0 Å². The first kappa shape index (κ1) is 13.5. The molecular formula is C15H23FN2. The molecular weight excluding hydrogens is 227 g/mol. The average Bonchev–Trinajstić information content (AvgIpc) is 2.42. The van der Waals surface area contributed by atoms with Crippen LogP contribution in [0, 0.1) is 11.7 Å². The quantitative estimate of drug-likeness (QED) is 0.890. The van der Waals surface area contributed by atoms with Gasteiger partial charge in [-0.15, -0.1) is 0 Å². The van der Waals surface area contributed by atoms with Gasteiger partial charge in [-0.1, -0.05) is 19.1 Å². The lowest BCUT2D eigenvalue weighted by Gasteiger charge is -2.38. The maximum Gasteiger partial charge on any atom is 0.123 e. The molecule has 100 valence electrons. The minimum Gasteiger partial charge on any atom is -0.330 e. The molecule has 1 fully saturated rings. The van der Waals surface area contributed by atoms with Crippen LogP contribution in [-0.2, 0) is 0 Å². The van der Waals surface area contributed by atoms with E-state index in [9.17, 15) is 4.39 Å². The predicted octanol–water partition coefficient (Wildman–Crippen LogP) is 2.95. The summed E-state index contributed by atoms with van der Waals surface area (Å²) in [6, 6.07) is 7.34. The fraction of sp³-hybridized carbons (Fsp3) is 0.600. The van der Waals surface area contributed by atoms with Crippen LogP contribution < -0.4 is 5.73 Å². The van der Waals surface area contributed by atoms with Crippen LogP contribution in [0.1, 0.15) is 37.8 Å². The average molecular weight is 250 g/mol. The lowest BCUT2D eigenvalue weighted by molar-refractivity contribution is 0.122. The zero-order valence-corrected chi connectivity index (χ0v) is 11.1. The normalized spacial score (nSPS) is 22.9. The van der Waals surface area contributed by atoms with E-state index in [2.05, 4.69) is 11.8 Å². The molecule has 2 rings (SSSR count). The Bertz CT molecular complexity index is 363. The molecule has 0 radical (unpaired) electrons. The van der Waals surface area contributed by atoms with E-state index in [0.717, 1.165) is 26.1 Å². The highest BCUT2D eigenvalue weighted by atomic mass is 19.1. The summed E-state index contributed by atoms with van der Waals surface area (Å²) in [4.78, 5) is 2.51. The van der Waals surface area contributed by atoms with E-state index in [-0.39, 0.29) is 5.82 Å². The fourth-order valence-corrected chi connectivity index (χ4v) is 2.96. The van der Waals surface area contributed by atoms with Gasteiger partial charge in [0.25, 0.3) is 0 Å². The second kappa shape index (κ2) is 6.30. The molecule has 1 aliphatic heterocycles. The van der Waals surface area contributed by atoms with Gasteiger partial charge in [-0.25, -0.2) is 4.39 Å². The van der Waals surface area contributed by atoms with Gasteiger partial charge in [-0.05, 0) is 56.0 Å². The molecule has 3 heteroatoms. The van der Waals surface area contributed by atoms with Crippen molar-refractivity contribution in [3.8, 4) is 0 Å². The molecule has 1 saturated heterocycles. The lowest BCUT2D eigenvalue weighted by atomic mass is 9.94. The Morgan fingerprint density at radius 2 is 2.11 bits per heavy atom. The molecule has 2 atom stereocenters. The third-order valence-corrected chi connectivity index (χ3v) is 3.97. The molecule has 2 nitrogen and oxygen atoms in total. The van der Waals surface area contributed by atoms with E-state index >= 15 is 0 Å². The van der Waals surface area contributed by atoms with Crippen molar-refractivity contribution in [2.24, 2.45) is 11.7 Å². The van der Waals surface area contributed by atoms with Crippen molar-refractivity contribution < 1.29 is 4.39 Å². The van der Waals surface area contributed by atoms with Crippen LogP contribution in [0.2, 0.25) is 0 Å². The van der Waals surface area contributed by atoms with Crippen molar-refractivity contribution in [3.63, 3.8) is 0 Å². The van der Waals surface area contributed by atoms with Gasteiger partial charge in [-0.2, -0.15) is 0 Å². The molecule has 2 unspecified atom stereocenters. The van der Waals surface area contributed by atoms with Crippen LogP contribution in [-0.4, -0.2) is 24.5 Å². The van der Waals surface area contributed by atoms with Gasteiger partial charge in [0, 0.05) is 12.6 Å². The van der Waals surface area contributed by atoms with E-state index in [1.165, 1.54) is 18.4 Å². The third-order valence-electron chi connectivity index (χ3n) is 3.97. The summed E-state index contributed by atoms with van der Waals surface area (Å²) >= 11 is 0. The summed E-state index contributed by atoms with van der Waals surface area (Å²) in [5.74, 6) is 0.459. The summed E-state index contributed by atoms with van der Waals surface area (Å²) in [6.07, 6.45) is 3.52. The van der Waals surface area contributed by atoms with Crippen LogP contribution in [0.3, 0.4) is 0 Å². The van der Waals surface area contributed by atoms with Crippen molar-refractivity contribution in [2.75, 3.05) is 19.6 Å². The van der Waals surface area contributed by atoms with Gasteiger partial charge in [0.05, 0.1) is 0 Å². The van der Waals surface area contributed by atoms with Crippen LogP contribution in [0.4, 0.5) is 4.39 Å². The van der Waals surface area contributed by atoms with Crippen molar-refractivity contribution in [2.45, 2.75) is 32.2 Å². The fourth-order valence-electron chi connectivity index (χ4n) is 2.96. The smallest absolute Gasteiger partial charge is 0.123 e. The highest BCUT2D eigenvalue weighted by molar-refractivity contribution is 5.20. The van der Waals surface area contributed by atoms with Crippen molar-refractivity contribution in [1.29, 1.82) is 0 Å². The molecule has 18 heavy (non-hydrogen) atoms. The molecule has 0 aliphatic carbocycles. The van der Waals surface area contributed by atoms with E-state index in [1.54, 1.807) is 12.1 Å². The highest BCUT2D eigenvalue weighted by Gasteiger charge is 2.25. The second-order valence-electron chi connectivity index (χ2n) is 5.21. The highest BCUT2D eigenvalue weighted by Crippen LogP contribution is 2.29. The Hall–Kier alpha value is -0.930. The molecule has 0 saturated carbocycles. The molecule has 1 heterocycles. The number of nitrogens with zero attached hydrogens (tertiary/aromatic N) is 1. The third kappa shape index (κ3) is 3.09. The number of nitrogens with two attached hydrogens (primary N) is 1. The summed E-state index contributed by atoms with van der Waals surface area (Å²) in [5, 5.41) is 0. The minimum atomic E-state index is -0.160. The number of hydrogen-bond acceptors (Lipinski definition) is 2. The largest absolute Gasteiger partial charge is 0.330 e. The van der Waals surface area contributed by atoms with E-state index in [4.69, 9.17) is 5.73 Å². The summed E-state index contributed by atoms with van der Waals surface area (Å²) in [7, 11) is 0. The standard InChI is InChI=1S/C15H23FN2/c1-2-15(13-5-7-14(16)8-6-13)18-9-3-4-12(10-17)11-18/h5-8,12,15H,2-4,9-11,17H2,1H3. The number of benzene rings is 1. The Morgan fingerprint density at radius 3 is 2.72 bits per heavy atom. The molecule has 0 spiro atoms. The van der Waals surface area contributed by atoms with Gasteiger partial charge < -0.3 is 5.73 Å². The molecule has 0 bridgehead atoms. The molecule has 0 aromatic heterocycles. The summed E-state index contributed by atoms with van der Waals surface area (Å²) in [6.45, 7) is 5.18. The molecule has 1 aromatic carbocycles. The van der Waals surface area contributed by atoms with Crippen LogP contribution >= 0.6 is 0 Å². The number of piperidine rings is 1. The monoisotopic (exact) mass is 250 g/mol. The van der Waals surface area contributed by atoms with E-state index in [1.807, 2.05) is 12.1 Å². The molecule has 0 amide bonds. The second-order valence-corrected chi connectivity index (χ2v) is 5.21. The summed E-state index contributed by atoms with van der Waals surface area (Å²) < 4.78 is 13.0. The van der Waals surface area contributed by atoms with Crippen molar-refractivity contribution in [3.05, 3.63) is 35.6 Å². The van der Waals surface area contributed by atoms with E-state index < -0.39 is 0 Å². The first-order valence-electron chi connectivity index (χ1n) is 6.94. The number of rotatable bonds is 4. The Labute approximate surface area is 109 Å². The molecule has 2 N–H and O–H groups in total. The van der Waals surface area contributed by atoms with Crippen molar-refractivity contribution in [1.82, 2.24) is 4.90 Å². The Balaban J connectivity index is 2.10. The maximum absolute atomic E-state index is 13.0. The predicted molar refractivity (Wildman–Crippen MR) is 72.8 cm³/mol. The Kier molecular flexibility index (Phi) is 4.72. The number of likely N-dealkylation sites (tertiary alicyclic amines) is 1. The number of halogens is 1. The van der Waals surface area contributed by atoms with Gasteiger partial charge in [0.2, 0.25) is 0 Å². The lowest BCUT2D eigenvalue weighted by Crippen LogP contribution is -2.40. The molecule has 1 aliphatic rings. The van der Waals surface area contributed by atoms with E-state index in [0.29, 0.717) is 12.0 Å². The SMILES string of the molecule is CCC(c1ccc(F)cc1)N1CCCC(CN)C1. The summed E-state index contributed by atoms with van der Waals surface area (Å²) in [5.41, 5.74) is 7.01. The van der Waals surface area contributed by atoms with Gasteiger partial charge >= 0.3 is 0 Å².